The molecule has 8 heteroatoms. The number of hydrogen-bond acceptors (Lipinski definition) is 4. The second-order valence-electron chi connectivity index (χ2n) is 8.26. The van der Waals surface area contributed by atoms with Gasteiger partial charge in [-0.05, 0) is 25.0 Å². The highest BCUT2D eigenvalue weighted by Crippen LogP contribution is 2.31. The molecule has 3 aliphatic heterocycles. The lowest BCUT2D eigenvalue weighted by Gasteiger charge is -2.44. The molecule has 0 radical (unpaired) electrons. The molecule has 0 spiro atoms. The molecule has 3 atom stereocenters. The molecule has 7 nitrogen and oxygen atoms in total. The molecular weight excluding hydrogens is 366 g/mol. The van der Waals surface area contributed by atoms with E-state index in [2.05, 4.69) is 4.72 Å². The van der Waals surface area contributed by atoms with Crippen molar-refractivity contribution in [2.24, 2.45) is 5.92 Å². The summed E-state index contributed by atoms with van der Waals surface area (Å²) in [5, 5.41) is 0. The van der Waals surface area contributed by atoms with Crippen LogP contribution in [0.4, 0.5) is 5.69 Å². The number of likely N-dealkylation sites (tertiary alicyclic amines) is 1. The van der Waals surface area contributed by atoms with Crippen LogP contribution in [0.1, 0.15) is 44.2 Å². The number of nitrogens with zero attached hydrogens (tertiary/aromatic N) is 1. The van der Waals surface area contributed by atoms with E-state index in [-0.39, 0.29) is 17.0 Å². The van der Waals surface area contributed by atoms with Gasteiger partial charge in [0.15, 0.2) is 0 Å². The van der Waals surface area contributed by atoms with Gasteiger partial charge in [0.2, 0.25) is 10.0 Å². The Labute approximate surface area is 160 Å². The summed E-state index contributed by atoms with van der Waals surface area (Å²) in [4.78, 5) is 14.6. The largest absolute Gasteiger partial charge is 0.381 e. The van der Waals surface area contributed by atoms with Gasteiger partial charge in [0, 0.05) is 36.9 Å². The van der Waals surface area contributed by atoms with Crippen LogP contribution in [0.2, 0.25) is 0 Å². The molecule has 2 saturated heterocycles. The molecule has 4 rings (SSSR count). The number of pyridine rings is 1. The Morgan fingerprint density at radius 2 is 2.04 bits per heavy atom. The molecule has 1 unspecified atom stereocenters. The first-order chi connectivity index (χ1) is 13.0. The zero-order chi connectivity index (χ0) is 19.0. The fourth-order valence-electron chi connectivity index (χ4n) is 5.10. The number of piperidine rings is 1. The van der Waals surface area contributed by atoms with Gasteiger partial charge in [0.05, 0.1) is 38.1 Å². The Kier molecular flexibility index (Phi) is 5.31. The number of sulfonamides is 1. The Hall–Kier alpha value is -1.38. The zero-order valence-electron chi connectivity index (χ0n) is 15.9. The van der Waals surface area contributed by atoms with Crippen molar-refractivity contribution in [2.75, 3.05) is 36.8 Å². The van der Waals surface area contributed by atoms with E-state index in [1.807, 2.05) is 17.6 Å². The van der Waals surface area contributed by atoms with Gasteiger partial charge in [-0.2, -0.15) is 0 Å². The van der Waals surface area contributed by atoms with E-state index in [1.165, 1.54) is 0 Å². The molecule has 0 aliphatic carbocycles. The smallest absolute Gasteiger partial charge is 0.275 e. The average molecular weight is 397 g/mol. The number of aromatic nitrogens is 1. The fraction of sp³-hybridized carbons (Fsp3) is 0.737. The minimum atomic E-state index is -3.45. The van der Waals surface area contributed by atoms with E-state index in [4.69, 9.17) is 4.74 Å². The molecule has 0 aromatic carbocycles. The van der Waals surface area contributed by atoms with Crippen molar-refractivity contribution in [1.29, 1.82) is 0 Å². The number of hydrogen-bond donors (Lipinski definition) is 2. The van der Waals surface area contributed by atoms with Gasteiger partial charge in [0.25, 0.3) is 5.56 Å². The first-order valence-corrected chi connectivity index (χ1v) is 11.8. The van der Waals surface area contributed by atoms with Crippen LogP contribution in [-0.2, 0) is 21.3 Å². The first kappa shape index (κ1) is 19.0. The van der Waals surface area contributed by atoms with E-state index >= 15 is 0 Å². The number of rotatable bonds is 5. The van der Waals surface area contributed by atoms with Crippen LogP contribution in [0.25, 0.3) is 0 Å². The number of anilines is 1. The van der Waals surface area contributed by atoms with Gasteiger partial charge in [-0.1, -0.05) is 6.92 Å². The van der Waals surface area contributed by atoms with Crippen LogP contribution in [-0.4, -0.2) is 51.1 Å². The minimum absolute atomic E-state index is 0.0306. The second kappa shape index (κ2) is 7.56. The van der Waals surface area contributed by atoms with Gasteiger partial charge in [-0.25, -0.2) is 8.42 Å². The predicted octanol–water partition coefficient (Wildman–Crippen LogP) is 0.181. The van der Waals surface area contributed by atoms with E-state index in [9.17, 15) is 13.2 Å². The maximum atomic E-state index is 12.9. The van der Waals surface area contributed by atoms with E-state index in [1.54, 1.807) is 11.0 Å². The van der Waals surface area contributed by atoms with Crippen LogP contribution < -0.4 is 15.2 Å². The van der Waals surface area contributed by atoms with E-state index in [0.29, 0.717) is 30.8 Å². The van der Waals surface area contributed by atoms with Gasteiger partial charge in [0.1, 0.15) is 5.69 Å². The van der Waals surface area contributed by atoms with Gasteiger partial charge in [-0.15, -0.1) is 0 Å². The number of fused-ring (bicyclic) bond motifs is 4. The summed E-state index contributed by atoms with van der Waals surface area (Å²) in [5.74, 6) is 0.890. The summed E-state index contributed by atoms with van der Waals surface area (Å²) in [6.07, 6.45) is 3.91. The van der Waals surface area contributed by atoms with Gasteiger partial charge < -0.3 is 14.2 Å². The van der Waals surface area contributed by atoms with Crippen LogP contribution in [0, 0.1) is 5.92 Å². The quantitative estimate of drug-likeness (QED) is 0.744. The summed E-state index contributed by atoms with van der Waals surface area (Å²) in [5.41, 5.74) is 1.05. The Morgan fingerprint density at radius 3 is 2.78 bits per heavy atom. The lowest BCUT2D eigenvalue weighted by Crippen LogP contribution is -3.18. The molecule has 0 saturated carbocycles. The normalized spacial score (nSPS) is 28.6. The van der Waals surface area contributed by atoms with Crippen LogP contribution in [0.5, 0.6) is 0 Å². The third-order valence-electron chi connectivity index (χ3n) is 6.28. The van der Waals surface area contributed by atoms with Crippen molar-refractivity contribution in [3.05, 3.63) is 28.2 Å². The van der Waals surface area contributed by atoms with Crippen molar-refractivity contribution >= 4 is 15.7 Å². The Balaban J connectivity index is 1.57. The monoisotopic (exact) mass is 396 g/mol. The third kappa shape index (κ3) is 3.93. The van der Waals surface area contributed by atoms with Crippen molar-refractivity contribution < 1.29 is 18.1 Å². The highest BCUT2D eigenvalue weighted by Gasteiger charge is 2.40. The highest BCUT2D eigenvalue weighted by molar-refractivity contribution is 7.92. The number of nitrogens with one attached hydrogen (secondary N) is 2. The lowest BCUT2D eigenvalue weighted by atomic mass is 9.82. The first-order valence-electron chi connectivity index (χ1n) is 10.1. The Morgan fingerprint density at radius 1 is 1.26 bits per heavy atom. The van der Waals surface area contributed by atoms with E-state index < -0.39 is 10.0 Å². The topological polar surface area (TPSA) is 81.8 Å². The predicted molar refractivity (Wildman–Crippen MR) is 104 cm³/mol. The summed E-state index contributed by atoms with van der Waals surface area (Å²) in [6.45, 7) is 6.38. The third-order valence-corrected chi connectivity index (χ3v) is 7.76. The molecule has 0 amide bonds. The van der Waals surface area contributed by atoms with Crippen molar-refractivity contribution in [2.45, 2.75) is 51.1 Å². The molecular formula is C19H30N3O4S+. The van der Waals surface area contributed by atoms with E-state index in [0.717, 1.165) is 51.3 Å². The summed E-state index contributed by atoms with van der Waals surface area (Å²) in [7, 11) is -3.45. The Bertz CT molecular complexity index is 845. The van der Waals surface area contributed by atoms with Crippen molar-refractivity contribution in [1.82, 2.24) is 4.57 Å². The SMILES string of the molecule is CCCS(=O)(=O)Nc1ccc2n(c1=O)C[C@H]1C[C@@H]2C[NH+](C2CCOCC2)C1. The molecule has 2 N–H and O–H groups in total. The average Bonchev–Trinajstić information content (AvgIpc) is 2.65. The number of quaternary nitrogens is 1. The van der Waals surface area contributed by atoms with Gasteiger partial charge in [-0.3, -0.25) is 9.52 Å². The molecule has 27 heavy (non-hydrogen) atoms. The molecule has 2 bridgehead atoms. The molecule has 1 aromatic heterocycles. The number of ether oxygens (including phenoxy) is 1. The molecule has 4 heterocycles. The maximum Gasteiger partial charge on any atom is 0.275 e. The second-order valence-corrected chi connectivity index (χ2v) is 10.1. The minimum Gasteiger partial charge on any atom is -0.381 e. The van der Waals surface area contributed by atoms with Crippen LogP contribution in [0.15, 0.2) is 16.9 Å². The maximum absolute atomic E-state index is 12.9. The zero-order valence-corrected chi connectivity index (χ0v) is 16.8. The van der Waals surface area contributed by atoms with Crippen LogP contribution in [0.3, 0.4) is 0 Å². The van der Waals surface area contributed by atoms with Gasteiger partial charge >= 0.3 is 0 Å². The molecule has 2 fully saturated rings. The van der Waals surface area contributed by atoms with Crippen molar-refractivity contribution in [3.8, 4) is 0 Å². The van der Waals surface area contributed by atoms with Crippen molar-refractivity contribution in [3.63, 3.8) is 0 Å². The summed E-state index contributed by atoms with van der Waals surface area (Å²) in [6, 6.07) is 4.28. The molecule has 150 valence electrons. The molecule has 1 aromatic rings. The lowest BCUT2D eigenvalue weighted by molar-refractivity contribution is -0.937. The standard InChI is InChI=1S/C19H29N3O4S/c1-2-9-27(24,25)20-17-3-4-18-15-10-14(12-22(18)19(17)23)11-21(13-15)16-5-7-26-8-6-16/h3-4,14-16,20H,2,5-13H2,1H3/p+1/t14-,15+/m0/s1. The summed E-state index contributed by atoms with van der Waals surface area (Å²) >= 11 is 0. The molecule has 3 aliphatic rings. The highest BCUT2D eigenvalue weighted by atomic mass is 32.2. The van der Waals surface area contributed by atoms with Crippen LogP contribution >= 0.6 is 0 Å². The fourth-order valence-corrected chi connectivity index (χ4v) is 6.23. The summed E-state index contributed by atoms with van der Waals surface area (Å²) < 4.78 is 33.9.